The van der Waals surface area contributed by atoms with Crippen LogP contribution < -0.4 is 11.1 Å². The number of nitrogens with zero attached hydrogens (tertiary/aromatic N) is 1. The van der Waals surface area contributed by atoms with Crippen molar-refractivity contribution in [2.45, 2.75) is 18.9 Å². The Morgan fingerprint density at radius 1 is 1.40 bits per heavy atom. The molecule has 0 aliphatic rings. The molecule has 1 heterocycles. The Morgan fingerprint density at radius 3 is 2.80 bits per heavy atom. The second kappa shape index (κ2) is 7.02. The van der Waals surface area contributed by atoms with E-state index in [1.165, 1.54) is 0 Å². The van der Waals surface area contributed by atoms with E-state index in [1.54, 1.807) is 41.8 Å². The molecule has 0 aliphatic heterocycles. The number of amides is 1. The molecule has 0 radical (unpaired) electrons. The molecule has 0 bridgehead atoms. The smallest absolute Gasteiger partial charge is 0.237 e. The minimum atomic E-state index is -0.587. The van der Waals surface area contributed by atoms with Crippen LogP contribution in [0.5, 0.6) is 5.75 Å². The summed E-state index contributed by atoms with van der Waals surface area (Å²) < 4.78 is 0. The zero-order chi connectivity index (χ0) is 14.4. The van der Waals surface area contributed by atoms with E-state index in [-0.39, 0.29) is 11.7 Å². The molecular weight excluding hydrogens is 274 g/mol. The number of thiazole rings is 1. The maximum absolute atomic E-state index is 11.8. The molecule has 1 amide bonds. The molecule has 106 valence electrons. The highest BCUT2D eigenvalue weighted by Crippen LogP contribution is 2.11. The fourth-order valence-corrected chi connectivity index (χ4v) is 2.40. The summed E-state index contributed by atoms with van der Waals surface area (Å²) in [6.07, 6.45) is 2.91. The summed E-state index contributed by atoms with van der Waals surface area (Å²) in [6.45, 7) is 0.537. The van der Waals surface area contributed by atoms with E-state index in [0.29, 0.717) is 13.0 Å². The number of phenolic OH excluding ortho intramolecular Hbond substituents is 1. The van der Waals surface area contributed by atoms with Crippen molar-refractivity contribution in [3.05, 3.63) is 46.4 Å². The first-order valence-electron chi connectivity index (χ1n) is 6.34. The number of aromatic hydroxyl groups is 1. The van der Waals surface area contributed by atoms with Crippen LogP contribution in [0.15, 0.2) is 35.8 Å². The number of phenols is 1. The monoisotopic (exact) mass is 291 g/mol. The van der Waals surface area contributed by atoms with Gasteiger partial charge in [-0.15, -0.1) is 11.3 Å². The number of hydrogen-bond acceptors (Lipinski definition) is 5. The number of carbonyl (C=O) groups excluding carboxylic acids is 1. The Bertz CT molecular complexity index is 540. The first kappa shape index (κ1) is 14.5. The molecule has 4 N–H and O–H groups in total. The van der Waals surface area contributed by atoms with Crippen LogP contribution >= 0.6 is 11.3 Å². The Balaban J connectivity index is 1.75. The van der Waals surface area contributed by atoms with Crippen molar-refractivity contribution in [1.29, 1.82) is 0 Å². The van der Waals surface area contributed by atoms with E-state index in [9.17, 15) is 9.90 Å². The summed E-state index contributed by atoms with van der Waals surface area (Å²) in [5.74, 6) is 0.0323. The lowest BCUT2D eigenvalue weighted by molar-refractivity contribution is -0.122. The Kier molecular flexibility index (Phi) is 5.09. The van der Waals surface area contributed by atoms with Crippen molar-refractivity contribution in [2.75, 3.05) is 6.54 Å². The van der Waals surface area contributed by atoms with Gasteiger partial charge in [-0.05, 0) is 24.1 Å². The third-order valence-electron chi connectivity index (χ3n) is 2.85. The molecule has 0 saturated carbocycles. The van der Waals surface area contributed by atoms with Crippen LogP contribution in [0.1, 0.15) is 10.6 Å². The minimum absolute atomic E-state index is 0.172. The Hall–Kier alpha value is -1.92. The van der Waals surface area contributed by atoms with Crippen molar-refractivity contribution >= 4 is 17.2 Å². The van der Waals surface area contributed by atoms with Crippen LogP contribution in [0.2, 0.25) is 0 Å². The summed E-state index contributed by atoms with van der Waals surface area (Å²) in [6, 6.07) is 6.11. The SMILES string of the molecule is N[C@@H](Cc1ccc(O)cc1)C(=O)NCCc1nccs1. The molecule has 20 heavy (non-hydrogen) atoms. The van der Waals surface area contributed by atoms with Gasteiger partial charge in [-0.25, -0.2) is 4.98 Å². The molecule has 0 spiro atoms. The average Bonchev–Trinajstić information content (AvgIpc) is 2.94. The van der Waals surface area contributed by atoms with Crippen LogP contribution in [0.3, 0.4) is 0 Å². The molecule has 2 aromatic rings. The van der Waals surface area contributed by atoms with E-state index in [1.807, 2.05) is 5.38 Å². The third-order valence-corrected chi connectivity index (χ3v) is 3.69. The van der Waals surface area contributed by atoms with Crippen molar-refractivity contribution in [3.63, 3.8) is 0 Å². The number of carbonyl (C=O) groups is 1. The van der Waals surface area contributed by atoms with Crippen LogP contribution in [-0.2, 0) is 17.6 Å². The summed E-state index contributed by atoms with van der Waals surface area (Å²) in [7, 11) is 0. The van der Waals surface area contributed by atoms with Gasteiger partial charge in [-0.3, -0.25) is 4.79 Å². The molecule has 6 heteroatoms. The highest BCUT2D eigenvalue weighted by Gasteiger charge is 2.13. The highest BCUT2D eigenvalue weighted by molar-refractivity contribution is 7.09. The van der Waals surface area contributed by atoms with E-state index >= 15 is 0 Å². The van der Waals surface area contributed by atoms with Crippen LogP contribution in [-0.4, -0.2) is 28.6 Å². The number of nitrogens with one attached hydrogen (secondary N) is 1. The largest absolute Gasteiger partial charge is 0.508 e. The summed E-state index contributed by atoms with van der Waals surface area (Å²) in [5, 5.41) is 14.9. The number of benzene rings is 1. The van der Waals surface area contributed by atoms with Gasteiger partial charge in [0.2, 0.25) is 5.91 Å². The molecule has 2 rings (SSSR count). The fourth-order valence-electron chi connectivity index (χ4n) is 1.78. The van der Waals surface area contributed by atoms with Crippen molar-refractivity contribution in [2.24, 2.45) is 5.73 Å². The summed E-state index contributed by atoms with van der Waals surface area (Å²) in [5.41, 5.74) is 6.78. The lowest BCUT2D eigenvalue weighted by Crippen LogP contribution is -2.42. The van der Waals surface area contributed by atoms with Crippen molar-refractivity contribution in [1.82, 2.24) is 10.3 Å². The maximum atomic E-state index is 11.8. The molecule has 0 saturated heterocycles. The molecular formula is C14H17N3O2S. The first-order valence-corrected chi connectivity index (χ1v) is 7.22. The molecule has 1 atom stereocenters. The fraction of sp³-hybridized carbons (Fsp3) is 0.286. The average molecular weight is 291 g/mol. The van der Waals surface area contributed by atoms with Gasteiger partial charge in [0, 0.05) is 24.5 Å². The quantitative estimate of drug-likeness (QED) is 0.743. The third kappa shape index (κ3) is 4.32. The molecule has 5 nitrogen and oxygen atoms in total. The first-order chi connectivity index (χ1) is 9.65. The standard InChI is InChI=1S/C14H17N3O2S/c15-12(9-10-1-3-11(18)4-2-10)14(19)17-6-5-13-16-7-8-20-13/h1-4,7-8,12,18H,5-6,9,15H2,(H,17,19)/t12-/m0/s1. The van der Waals surface area contributed by atoms with Crippen LogP contribution in [0.25, 0.3) is 0 Å². The second-order valence-electron chi connectivity index (χ2n) is 4.44. The number of hydrogen-bond donors (Lipinski definition) is 3. The summed E-state index contributed by atoms with van der Waals surface area (Å²) in [4.78, 5) is 16.0. The van der Waals surface area contributed by atoms with Gasteiger partial charge in [-0.1, -0.05) is 12.1 Å². The number of aromatic nitrogens is 1. The predicted octanol–water partition coefficient (Wildman–Crippen LogP) is 1.08. The normalized spacial score (nSPS) is 12.1. The predicted molar refractivity (Wildman–Crippen MR) is 78.6 cm³/mol. The van der Waals surface area contributed by atoms with Crippen molar-refractivity contribution in [3.8, 4) is 5.75 Å². The Morgan fingerprint density at radius 2 is 2.15 bits per heavy atom. The van der Waals surface area contributed by atoms with Crippen LogP contribution in [0.4, 0.5) is 0 Å². The van der Waals surface area contributed by atoms with E-state index in [2.05, 4.69) is 10.3 Å². The summed E-state index contributed by atoms with van der Waals surface area (Å²) >= 11 is 1.57. The molecule has 0 aliphatic carbocycles. The molecule has 0 fully saturated rings. The molecule has 1 aromatic carbocycles. The highest BCUT2D eigenvalue weighted by atomic mass is 32.1. The maximum Gasteiger partial charge on any atom is 0.237 e. The van der Waals surface area contributed by atoms with E-state index < -0.39 is 6.04 Å². The number of nitrogens with two attached hydrogens (primary N) is 1. The number of rotatable bonds is 6. The van der Waals surface area contributed by atoms with Crippen molar-refractivity contribution < 1.29 is 9.90 Å². The Labute approximate surface area is 121 Å². The second-order valence-corrected chi connectivity index (χ2v) is 5.42. The minimum Gasteiger partial charge on any atom is -0.508 e. The van der Waals surface area contributed by atoms with Crippen LogP contribution in [0, 0.1) is 0 Å². The lowest BCUT2D eigenvalue weighted by Gasteiger charge is -2.12. The van der Waals surface area contributed by atoms with Gasteiger partial charge in [0.15, 0.2) is 0 Å². The van der Waals surface area contributed by atoms with Gasteiger partial charge in [0.25, 0.3) is 0 Å². The lowest BCUT2D eigenvalue weighted by atomic mass is 10.1. The zero-order valence-electron chi connectivity index (χ0n) is 11.0. The zero-order valence-corrected chi connectivity index (χ0v) is 11.8. The van der Waals surface area contributed by atoms with Gasteiger partial charge in [-0.2, -0.15) is 0 Å². The van der Waals surface area contributed by atoms with E-state index in [4.69, 9.17) is 5.73 Å². The molecule has 0 unspecified atom stereocenters. The van der Waals surface area contributed by atoms with E-state index in [0.717, 1.165) is 17.0 Å². The van der Waals surface area contributed by atoms with Gasteiger partial charge < -0.3 is 16.2 Å². The van der Waals surface area contributed by atoms with Gasteiger partial charge in [0.05, 0.1) is 11.0 Å². The van der Waals surface area contributed by atoms with Gasteiger partial charge in [0.1, 0.15) is 5.75 Å². The van der Waals surface area contributed by atoms with Gasteiger partial charge >= 0.3 is 0 Å². The topological polar surface area (TPSA) is 88.2 Å². The molecule has 1 aromatic heterocycles.